The normalized spacial score (nSPS) is 10.1. The van der Waals surface area contributed by atoms with Gasteiger partial charge in [0.2, 0.25) is 0 Å². The second-order valence-electron chi connectivity index (χ2n) is 3.57. The Morgan fingerprint density at radius 1 is 1.22 bits per heavy atom. The molecule has 2 aromatic carbocycles. The van der Waals surface area contributed by atoms with E-state index in [1.165, 1.54) is 0 Å². The molecule has 92 valence electrons. The van der Waals surface area contributed by atoms with E-state index in [-0.39, 0.29) is 0 Å². The van der Waals surface area contributed by atoms with Gasteiger partial charge in [0.25, 0.3) is 0 Å². The molecule has 0 aliphatic carbocycles. The molecule has 0 heterocycles. The third-order valence-electron chi connectivity index (χ3n) is 2.24. The summed E-state index contributed by atoms with van der Waals surface area (Å²) in [5.41, 5.74) is 6.34. The van der Waals surface area contributed by atoms with Crippen LogP contribution in [0.5, 0.6) is 11.5 Å². The number of benzene rings is 2. The molecule has 0 bridgehead atoms. The lowest BCUT2D eigenvalue weighted by Gasteiger charge is -2.09. The van der Waals surface area contributed by atoms with Gasteiger partial charge < -0.3 is 10.5 Å². The van der Waals surface area contributed by atoms with Gasteiger partial charge in [-0.05, 0) is 52.3 Å². The number of hydrogen-bond acceptors (Lipinski definition) is 2. The summed E-state index contributed by atoms with van der Waals surface area (Å²) >= 11 is 14.2. The van der Waals surface area contributed by atoms with Gasteiger partial charge in [0.1, 0.15) is 16.5 Å². The predicted molar refractivity (Wildman–Crippen MR) is 81.6 cm³/mol. The molecule has 2 N–H and O–H groups in total. The minimum Gasteiger partial charge on any atom is -0.456 e. The van der Waals surface area contributed by atoms with Gasteiger partial charge >= 0.3 is 0 Å². The summed E-state index contributed by atoms with van der Waals surface area (Å²) in [6.45, 7) is 0. The third-order valence-corrected chi connectivity index (χ3v) is 3.33. The molecular formula is C13H9BrClNOS. The lowest BCUT2D eigenvalue weighted by molar-refractivity contribution is 0.479. The van der Waals surface area contributed by atoms with Crippen LogP contribution >= 0.6 is 39.7 Å². The van der Waals surface area contributed by atoms with Gasteiger partial charge in [0, 0.05) is 10.6 Å². The van der Waals surface area contributed by atoms with Gasteiger partial charge in [0.15, 0.2) is 0 Å². The van der Waals surface area contributed by atoms with Crippen LogP contribution in [-0.2, 0) is 0 Å². The summed E-state index contributed by atoms with van der Waals surface area (Å²) in [5, 5.41) is 0.628. The first kappa shape index (κ1) is 13.3. The molecular weight excluding hydrogens is 334 g/mol. The van der Waals surface area contributed by atoms with Gasteiger partial charge in [-0.15, -0.1) is 0 Å². The number of ether oxygens (including phenoxy) is 1. The van der Waals surface area contributed by atoms with Crippen LogP contribution in [0, 0.1) is 0 Å². The van der Waals surface area contributed by atoms with E-state index >= 15 is 0 Å². The number of rotatable bonds is 3. The van der Waals surface area contributed by atoms with E-state index in [9.17, 15) is 0 Å². The molecule has 0 aromatic heterocycles. The van der Waals surface area contributed by atoms with Crippen LogP contribution in [0.4, 0.5) is 0 Å². The summed E-state index contributed by atoms with van der Waals surface area (Å²) in [6.07, 6.45) is 0. The Hall–Kier alpha value is -1.10. The first-order chi connectivity index (χ1) is 8.56. The lowest BCUT2D eigenvalue weighted by Crippen LogP contribution is -2.08. The maximum atomic E-state index is 5.89. The maximum Gasteiger partial charge on any atom is 0.141 e. The Balaban J connectivity index is 2.27. The standard InChI is InChI=1S/C13H9BrClNOS/c14-11-6-8(13(16)18)4-5-12(11)17-10-3-1-2-9(15)7-10/h1-7H,(H2,16,18). The Bertz CT molecular complexity index is 603. The van der Waals surface area contributed by atoms with Crippen molar-refractivity contribution in [2.24, 2.45) is 5.73 Å². The van der Waals surface area contributed by atoms with Crippen molar-refractivity contribution in [1.82, 2.24) is 0 Å². The van der Waals surface area contributed by atoms with Gasteiger partial charge in [-0.2, -0.15) is 0 Å². The van der Waals surface area contributed by atoms with E-state index in [1.807, 2.05) is 24.3 Å². The van der Waals surface area contributed by atoms with Gasteiger partial charge in [-0.3, -0.25) is 0 Å². The van der Waals surface area contributed by atoms with E-state index in [2.05, 4.69) is 15.9 Å². The number of nitrogens with two attached hydrogens (primary N) is 1. The molecule has 0 amide bonds. The highest BCUT2D eigenvalue weighted by molar-refractivity contribution is 9.10. The molecule has 0 radical (unpaired) electrons. The first-order valence-electron chi connectivity index (χ1n) is 5.09. The molecule has 2 nitrogen and oxygen atoms in total. The lowest BCUT2D eigenvalue weighted by atomic mass is 10.2. The Morgan fingerprint density at radius 3 is 2.61 bits per heavy atom. The van der Waals surface area contributed by atoms with Gasteiger partial charge in [0.05, 0.1) is 4.47 Å². The van der Waals surface area contributed by atoms with Gasteiger partial charge in [-0.25, -0.2) is 0 Å². The monoisotopic (exact) mass is 341 g/mol. The first-order valence-corrected chi connectivity index (χ1v) is 6.67. The smallest absolute Gasteiger partial charge is 0.141 e. The minimum atomic E-state index is 0.352. The molecule has 18 heavy (non-hydrogen) atoms. The van der Waals surface area contributed by atoms with E-state index in [4.69, 9.17) is 34.3 Å². The van der Waals surface area contributed by atoms with Crippen LogP contribution in [0.1, 0.15) is 5.56 Å². The van der Waals surface area contributed by atoms with E-state index in [1.54, 1.807) is 18.2 Å². The number of hydrogen-bond donors (Lipinski definition) is 1. The van der Waals surface area contributed by atoms with E-state index in [0.717, 1.165) is 10.0 Å². The maximum absolute atomic E-state index is 5.89. The summed E-state index contributed by atoms with van der Waals surface area (Å²) in [7, 11) is 0. The average Bonchev–Trinajstić information content (AvgIpc) is 2.31. The Kier molecular flexibility index (Phi) is 4.22. The van der Waals surface area contributed by atoms with Gasteiger partial charge in [-0.1, -0.05) is 29.9 Å². The Morgan fingerprint density at radius 2 is 2.00 bits per heavy atom. The second kappa shape index (κ2) is 5.69. The van der Waals surface area contributed by atoms with Crippen LogP contribution < -0.4 is 10.5 Å². The van der Waals surface area contributed by atoms with Crippen molar-refractivity contribution in [3.63, 3.8) is 0 Å². The summed E-state index contributed by atoms with van der Waals surface area (Å²) in [5.74, 6) is 1.35. The quantitative estimate of drug-likeness (QED) is 0.832. The predicted octanol–water partition coefficient (Wildman–Crippen LogP) is 4.53. The highest BCUT2D eigenvalue weighted by Crippen LogP contribution is 2.31. The molecule has 0 fully saturated rings. The van der Waals surface area contributed by atoms with Crippen molar-refractivity contribution in [2.75, 3.05) is 0 Å². The molecule has 5 heteroatoms. The van der Waals surface area contributed by atoms with Crippen LogP contribution in [0.2, 0.25) is 5.02 Å². The van der Waals surface area contributed by atoms with Crippen LogP contribution in [0.3, 0.4) is 0 Å². The molecule has 2 aromatic rings. The van der Waals surface area contributed by atoms with Crippen molar-refractivity contribution in [1.29, 1.82) is 0 Å². The molecule has 2 rings (SSSR count). The van der Waals surface area contributed by atoms with Crippen LogP contribution in [0.15, 0.2) is 46.9 Å². The zero-order valence-corrected chi connectivity index (χ0v) is 12.3. The van der Waals surface area contributed by atoms with E-state index in [0.29, 0.717) is 21.5 Å². The van der Waals surface area contributed by atoms with Crippen molar-refractivity contribution < 1.29 is 4.74 Å². The summed E-state index contributed by atoms with van der Waals surface area (Å²) < 4.78 is 6.49. The molecule has 0 aliphatic rings. The molecule has 0 spiro atoms. The highest BCUT2D eigenvalue weighted by atomic mass is 79.9. The fourth-order valence-electron chi connectivity index (χ4n) is 1.39. The zero-order valence-electron chi connectivity index (χ0n) is 9.19. The third kappa shape index (κ3) is 3.22. The van der Waals surface area contributed by atoms with E-state index < -0.39 is 0 Å². The molecule has 0 aliphatic heterocycles. The molecule has 0 unspecified atom stereocenters. The minimum absolute atomic E-state index is 0.352. The summed E-state index contributed by atoms with van der Waals surface area (Å²) in [4.78, 5) is 0.352. The van der Waals surface area contributed by atoms with Crippen LogP contribution in [-0.4, -0.2) is 4.99 Å². The number of halogens is 2. The van der Waals surface area contributed by atoms with Crippen molar-refractivity contribution in [2.45, 2.75) is 0 Å². The van der Waals surface area contributed by atoms with Crippen molar-refractivity contribution >= 4 is 44.7 Å². The van der Waals surface area contributed by atoms with Crippen molar-refractivity contribution in [3.8, 4) is 11.5 Å². The molecule has 0 saturated heterocycles. The molecule has 0 atom stereocenters. The average molecular weight is 343 g/mol. The van der Waals surface area contributed by atoms with Crippen LogP contribution in [0.25, 0.3) is 0 Å². The fraction of sp³-hybridized carbons (Fsp3) is 0. The second-order valence-corrected chi connectivity index (χ2v) is 5.30. The molecule has 0 saturated carbocycles. The topological polar surface area (TPSA) is 35.2 Å². The fourth-order valence-corrected chi connectivity index (χ4v) is 2.16. The number of thiocarbonyl (C=S) groups is 1. The zero-order chi connectivity index (χ0) is 13.1. The largest absolute Gasteiger partial charge is 0.456 e. The van der Waals surface area contributed by atoms with Crippen molar-refractivity contribution in [3.05, 3.63) is 57.5 Å². The Labute approximate surface area is 124 Å². The summed E-state index contributed by atoms with van der Waals surface area (Å²) in [6, 6.07) is 12.6. The SMILES string of the molecule is NC(=S)c1ccc(Oc2cccc(Cl)c2)c(Br)c1. The highest BCUT2D eigenvalue weighted by Gasteiger charge is 2.05.